The van der Waals surface area contributed by atoms with Crippen molar-refractivity contribution in [3.05, 3.63) is 59.9 Å². The molecule has 162 valence electrons. The number of halogens is 3. The fourth-order valence-corrected chi connectivity index (χ4v) is 3.19. The van der Waals surface area contributed by atoms with Gasteiger partial charge < -0.3 is 20.3 Å². The van der Waals surface area contributed by atoms with Gasteiger partial charge in [0.1, 0.15) is 5.82 Å². The van der Waals surface area contributed by atoms with Crippen molar-refractivity contribution >= 4 is 41.8 Å². The Bertz CT molecular complexity index is 838. The van der Waals surface area contributed by atoms with Crippen LogP contribution in [-0.4, -0.2) is 46.1 Å². The van der Waals surface area contributed by atoms with Crippen LogP contribution in [0.25, 0.3) is 11.0 Å². The van der Waals surface area contributed by atoms with Gasteiger partial charge in [0.25, 0.3) is 0 Å². The number of anilines is 1. The SMILES string of the molecule is CCN(CC)CCCNc1nc2ccccc2n1Cc1ccc(F)cc1.Cl.Cl.O. The molecule has 0 fully saturated rings. The van der Waals surface area contributed by atoms with Crippen molar-refractivity contribution in [1.29, 1.82) is 0 Å². The van der Waals surface area contributed by atoms with E-state index in [1.807, 2.05) is 30.3 Å². The van der Waals surface area contributed by atoms with Gasteiger partial charge in [0, 0.05) is 6.54 Å². The Morgan fingerprint density at radius 3 is 2.31 bits per heavy atom. The lowest BCUT2D eigenvalue weighted by Crippen LogP contribution is -2.25. The zero-order valence-electron chi connectivity index (χ0n) is 16.9. The number of para-hydroxylation sites is 2. The second-order valence-corrected chi connectivity index (χ2v) is 6.44. The lowest BCUT2D eigenvalue weighted by molar-refractivity contribution is 0.303. The van der Waals surface area contributed by atoms with E-state index in [9.17, 15) is 4.39 Å². The number of fused-ring (bicyclic) bond motifs is 1. The summed E-state index contributed by atoms with van der Waals surface area (Å²) < 4.78 is 15.4. The Hall–Kier alpha value is -1.86. The van der Waals surface area contributed by atoms with Gasteiger partial charge in [-0.25, -0.2) is 9.37 Å². The molecule has 0 aliphatic heterocycles. The van der Waals surface area contributed by atoms with E-state index < -0.39 is 0 Å². The number of nitrogens with zero attached hydrogens (tertiary/aromatic N) is 3. The molecule has 0 aliphatic carbocycles. The normalized spacial score (nSPS) is 10.2. The van der Waals surface area contributed by atoms with E-state index >= 15 is 0 Å². The molecule has 0 bridgehead atoms. The van der Waals surface area contributed by atoms with Gasteiger partial charge in [-0.3, -0.25) is 0 Å². The van der Waals surface area contributed by atoms with Gasteiger partial charge in [-0.15, -0.1) is 24.8 Å². The second-order valence-electron chi connectivity index (χ2n) is 6.44. The highest BCUT2D eigenvalue weighted by Crippen LogP contribution is 2.21. The number of benzene rings is 2. The van der Waals surface area contributed by atoms with Crippen molar-refractivity contribution in [2.24, 2.45) is 0 Å². The third-order valence-electron chi connectivity index (χ3n) is 4.74. The fourth-order valence-electron chi connectivity index (χ4n) is 3.19. The van der Waals surface area contributed by atoms with E-state index in [1.165, 1.54) is 12.1 Å². The number of aromatic nitrogens is 2. The molecule has 0 saturated carbocycles. The molecule has 0 amide bonds. The van der Waals surface area contributed by atoms with Crippen molar-refractivity contribution in [3.63, 3.8) is 0 Å². The minimum atomic E-state index is -0.209. The highest BCUT2D eigenvalue weighted by Gasteiger charge is 2.11. The quantitative estimate of drug-likeness (QED) is 0.497. The lowest BCUT2D eigenvalue weighted by atomic mass is 10.2. The van der Waals surface area contributed by atoms with Crippen LogP contribution in [0.4, 0.5) is 10.3 Å². The number of hydrogen-bond acceptors (Lipinski definition) is 3. The molecule has 5 nitrogen and oxygen atoms in total. The molecule has 2 aromatic carbocycles. The van der Waals surface area contributed by atoms with Gasteiger partial charge in [-0.05, 0) is 55.9 Å². The van der Waals surface area contributed by atoms with Crippen molar-refractivity contribution < 1.29 is 9.87 Å². The summed E-state index contributed by atoms with van der Waals surface area (Å²) in [5.41, 5.74) is 3.12. The third-order valence-corrected chi connectivity index (χ3v) is 4.74. The summed E-state index contributed by atoms with van der Waals surface area (Å²) in [7, 11) is 0. The van der Waals surface area contributed by atoms with Gasteiger partial charge in [0.05, 0.1) is 17.6 Å². The minimum absolute atomic E-state index is 0. The minimum Gasteiger partial charge on any atom is -0.412 e. The van der Waals surface area contributed by atoms with Gasteiger partial charge >= 0.3 is 0 Å². The van der Waals surface area contributed by atoms with Crippen LogP contribution >= 0.6 is 24.8 Å². The summed E-state index contributed by atoms with van der Waals surface area (Å²) in [6, 6.07) is 14.8. The smallest absolute Gasteiger partial charge is 0.204 e. The monoisotopic (exact) mass is 444 g/mol. The number of imidazole rings is 1. The molecule has 1 heterocycles. The maximum absolute atomic E-state index is 13.2. The molecular weight excluding hydrogens is 414 g/mol. The topological polar surface area (TPSA) is 64.6 Å². The van der Waals surface area contributed by atoms with Crippen LogP contribution in [-0.2, 0) is 6.54 Å². The standard InChI is InChI=1S/C21H27FN4.2ClH.H2O/c1-3-25(4-2)15-7-14-23-21-24-19-8-5-6-9-20(19)26(21)16-17-10-12-18(22)13-11-17;;;/h5-6,8-13H,3-4,7,14-16H2,1-2H3,(H,23,24);2*1H;1H2. The lowest BCUT2D eigenvalue weighted by Gasteiger charge is -2.18. The summed E-state index contributed by atoms with van der Waals surface area (Å²) in [5, 5.41) is 3.49. The second kappa shape index (κ2) is 13.4. The Kier molecular flexibility index (Phi) is 12.5. The van der Waals surface area contributed by atoms with Gasteiger partial charge in [-0.1, -0.05) is 38.1 Å². The first-order valence-corrected chi connectivity index (χ1v) is 9.37. The first-order chi connectivity index (χ1) is 12.7. The van der Waals surface area contributed by atoms with E-state index in [2.05, 4.69) is 34.7 Å². The van der Waals surface area contributed by atoms with Crippen LogP contribution in [0.1, 0.15) is 25.8 Å². The molecule has 0 aliphatic rings. The van der Waals surface area contributed by atoms with Crippen LogP contribution in [0.5, 0.6) is 0 Å². The number of rotatable bonds is 9. The molecule has 3 rings (SSSR count). The average Bonchev–Trinajstić information content (AvgIpc) is 3.01. The molecule has 0 radical (unpaired) electrons. The van der Waals surface area contributed by atoms with E-state index in [0.717, 1.165) is 55.1 Å². The average molecular weight is 445 g/mol. The summed E-state index contributed by atoms with van der Waals surface area (Å²) in [5.74, 6) is 0.661. The van der Waals surface area contributed by atoms with E-state index in [1.54, 1.807) is 0 Å². The summed E-state index contributed by atoms with van der Waals surface area (Å²) in [6.45, 7) is 9.18. The maximum Gasteiger partial charge on any atom is 0.204 e. The molecular formula is C21H31Cl2FN4O. The molecule has 8 heteroatoms. The molecule has 0 atom stereocenters. The van der Waals surface area contributed by atoms with Gasteiger partial charge in [0.15, 0.2) is 0 Å². The molecule has 3 aromatic rings. The van der Waals surface area contributed by atoms with Crippen LogP contribution in [0.3, 0.4) is 0 Å². The highest BCUT2D eigenvalue weighted by atomic mass is 35.5. The molecule has 0 saturated heterocycles. The molecule has 1 aromatic heterocycles. The molecule has 29 heavy (non-hydrogen) atoms. The first kappa shape index (κ1) is 27.1. The third kappa shape index (κ3) is 7.16. The Morgan fingerprint density at radius 1 is 1.00 bits per heavy atom. The summed E-state index contributed by atoms with van der Waals surface area (Å²) in [6.07, 6.45) is 1.07. The van der Waals surface area contributed by atoms with E-state index in [0.29, 0.717) is 6.54 Å². The van der Waals surface area contributed by atoms with Gasteiger partial charge in [0.2, 0.25) is 5.95 Å². The van der Waals surface area contributed by atoms with Crippen molar-refractivity contribution in [2.45, 2.75) is 26.8 Å². The van der Waals surface area contributed by atoms with Crippen LogP contribution in [0.15, 0.2) is 48.5 Å². The van der Waals surface area contributed by atoms with Crippen molar-refractivity contribution in [3.8, 4) is 0 Å². The number of hydrogen-bond donors (Lipinski definition) is 1. The zero-order valence-corrected chi connectivity index (χ0v) is 18.5. The van der Waals surface area contributed by atoms with E-state index in [-0.39, 0.29) is 36.1 Å². The summed E-state index contributed by atoms with van der Waals surface area (Å²) in [4.78, 5) is 7.17. The van der Waals surface area contributed by atoms with Crippen molar-refractivity contribution in [1.82, 2.24) is 14.5 Å². The van der Waals surface area contributed by atoms with Crippen LogP contribution < -0.4 is 5.32 Å². The highest BCUT2D eigenvalue weighted by molar-refractivity contribution is 5.85. The predicted octanol–water partition coefficient (Wildman–Crippen LogP) is 4.39. The van der Waals surface area contributed by atoms with Crippen molar-refractivity contribution in [2.75, 3.05) is 31.5 Å². The molecule has 0 spiro atoms. The summed E-state index contributed by atoms with van der Waals surface area (Å²) >= 11 is 0. The molecule has 0 unspecified atom stereocenters. The largest absolute Gasteiger partial charge is 0.412 e. The van der Waals surface area contributed by atoms with E-state index in [4.69, 9.17) is 4.98 Å². The zero-order chi connectivity index (χ0) is 18.4. The predicted molar refractivity (Wildman–Crippen MR) is 124 cm³/mol. The Morgan fingerprint density at radius 2 is 1.66 bits per heavy atom. The molecule has 3 N–H and O–H groups in total. The van der Waals surface area contributed by atoms with Crippen LogP contribution in [0.2, 0.25) is 0 Å². The van der Waals surface area contributed by atoms with Gasteiger partial charge in [-0.2, -0.15) is 0 Å². The number of nitrogens with one attached hydrogen (secondary N) is 1. The Labute approximate surface area is 184 Å². The van der Waals surface area contributed by atoms with Crippen LogP contribution in [0, 0.1) is 5.82 Å². The first-order valence-electron chi connectivity index (χ1n) is 9.37. The maximum atomic E-state index is 13.2. The Balaban J connectivity index is 0.00000261. The fraction of sp³-hybridized carbons (Fsp3) is 0.381.